The van der Waals surface area contributed by atoms with E-state index in [1.54, 1.807) is 12.5 Å². The summed E-state index contributed by atoms with van der Waals surface area (Å²) in [5.74, 6) is 0.557. The number of nitrogens with one attached hydrogen (secondary N) is 2. The van der Waals surface area contributed by atoms with Gasteiger partial charge in [0.1, 0.15) is 0 Å². The van der Waals surface area contributed by atoms with E-state index < -0.39 is 0 Å². The summed E-state index contributed by atoms with van der Waals surface area (Å²) >= 11 is 0. The van der Waals surface area contributed by atoms with E-state index in [9.17, 15) is 0 Å². The van der Waals surface area contributed by atoms with Crippen molar-refractivity contribution in [2.45, 2.75) is 20.8 Å². The molecule has 0 bridgehead atoms. The number of aryl methyl sites for hydroxylation is 3. The average Bonchev–Trinajstić information content (AvgIpc) is 3.11. The predicted octanol–water partition coefficient (Wildman–Crippen LogP) is 5.20. The maximum Gasteiger partial charge on any atom is 0.227 e. The first-order valence-electron chi connectivity index (χ1n) is 8.87. The highest BCUT2D eigenvalue weighted by molar-refractivity contribution is 5.76. The number of nitrogens with zero attached hydrogens (tertiary/aromatic N) is 3. The Labute approximate surface area is 158 Å². The quantitative estimate of drug-likeness (QED) is 0.528. The number of H-pyrrole nitrogens is 1. The molecule has 134 valence electrons. The van der Waals surface area contributed by atoms with Crippen LogP contribution in [0.25, 0.3) is 22.6 Å². The zero-order valence-electron chi connectivity index (χ0n) is 15.6. The minimum absolute atomic E-state index is 0.557. The molecule has 27 heavy (non-hydrogen) atoms. The molecule has 0 amide bonds. The van der Waals surface area contributed by atoms with Gasteiger partial charge in [0.05, 0.1) is 23.4 Å². The van der Waals surface area contributed by atoms with Crippen LogP contribution in [-0.4, -0.2) is 19.9 Å². The second kappa shape index (κ2) is 7.03. The highest BCUT2D eigenvalue weighted by Crippen LogP contribution is 2.28. The zero-order chi connectivity index (χ0) is 18.8. The third-order valence-corrected chi connectivity index (χ3v) is 4.35. The maximum atomic E-state index is 4.68. The minimum Gasteiger partial charge on any atom is -0.343 e. The lowest BCUT2D eigenvalue weighted by Gasteiger charge is -2.09. The van der Waals surface area contributed by atoms with Crippen LogP contribution in [-0.2, 0) is 0 Å². The average molecular weight is 355 g/mol. The summed E-state index contributed by atoms with van der Waals surface area (Å²) in [5, 5.41) is 3.30. The Hall–Kier alpha value is -3.47. The van der Waals surface area contributed by atoms with Crippen LogP contribution in [0.5, 0.6) is 0 Å². The van der Waals surface area contributed by atoms with Crippen molar-refractivity contribution in [3.63, 3.8) is 0 Å². The normalized spacial score (nSPS) is 10.8. The van der Waals surface area contributed by atoms with E-state index in [4.69, 9.17) is 0 Å². The van der Waals surface area contributed by atoms with E-state index in [2.05, 4.69) is 88.5 Å². The smallest absolute Gasteiger partial charge is 0.227 e. The number of aromatic nitrogens is 4. The van der Waals surface area contributed by atoms with Crippen molar-refractivity contribution in [2.24, 2.45) is 0 Å². The minimum atomic E-state index is 0.557. The van der Waals surface area contributed by atoms with Gasteiger partial charge in [-0.1, -0.05) is 35.9 Å². The summed E-state index contributed by atoms with van der Waals surface area (Å²) in [6, 6.07) is 16.5. The molecule has 2 aromatic carbocycles. The Morgan fingerprint density at radius 2 is 1.56 bits per heavy atom. The molecule has 0 fully saturated rings. The van der Waals surface area contributed by atoms with Crippen LogP contribution >= 0.6 is 0 Å². The number of hydrogen-bond acceptors (Lipinski definition) is 4. The van der Waals surface area contributed by atoms with Crippen molar-refractivity contribution in [3.05, 3.63) is 77.7 Å². The molecule has 2 aromatic heterocycles. The summed E-state index contributed by atoms with van der Waals surface area (Å²) in [6.45, 7) is 6.23. The first-order chi connectivity index (χ1) is 13.1. The lowest BCUT2D eigenvalue weighted by molar-refractivity contribution is 1.16. The Bertz CT molecular complexity index is 1060. The molecule has 0 aliphatic heterocycles. The standard InChI is InChI=1S/C22H21N5/c1-14-4-6-17(7-5-14)20-21(25-13-24-20)19-8-9-23-22(27-19)26-18-11-15(2)10-16(3)12-18/h4-13H,1-3H3,(H,24,25)(H,23,26,27). The van der Waals surface area contributed by atoms with Gasteiger partial charge in [-0.2, -0.15) is 0 Å². The number of hydrogen-bond donors (Lipinski definition) is 2. The second-order valence-electron chi connectivity index (χ2n) is 6.76. The number of aromatic amines is 1. The Morgan fingerprint density at radius 1 is 0.815 bits per heavy atom. The molecular formula is C22H21N5. The SMILES string of the molecule is Cc1ccc(-c2nc[nH]c2-c2ccnc(Nc3cc(C)cc(C)c3)n2)cc1. The van der Waals surface area contributed by atoms with Gasteiger partial charge in [-0.15, -0.1) is 0 Å². The molecule has 0 saturated heterocycles. The molecule has 2 N–H and O–H groups in total. The van der Waals surface area contributed by atoms with Crippen LogP contribution in [0.3, 0.4) is 0 Å². The van der Waals surface area contributed by atoms with Gasteiger partial charge in [-0.05, 0) is 50.1 Å². The summed E-state index contributed by atoms with van der Waals surface area (Å²) < 4.78 is 0. The molecule has 0 atom stereocenters. The van der Waals surface area contributed by atoms with E-state index in [1.807, 2.05) is 6.07 Å². The van der Waals surface area contributed by atoms with E-state index in [0.717, 1.165) is 28.3 Å². The largest absolute Gasteiger partial charge is 0.343 e. The summed E-state index contributed by atoms with van der Waals surface area (Å²) in [6.07, 6.45) is 3.46. The van der Waals surface area contributed by atoms with Gasteiger partial charge in [0.15, 0.2) is 0 Å². The van der Waals surface area contributed by atoms with Crippen molar-refractivity contribution in [1.29, 1.82) is 0 Å². The molecule has 0 aliphatic rings. The molecule has 5 nitrogen and oxygen atoms in total. The monoisotopic (exact) mass is 355 g/mol. The molecule has 0 unspecified atom stereocenters. The first-order valence-corrected chi connectivity index (χ1v) is 8.87. The molecular weight excluding hydrogens is 334 g/mol. The van der Waals surface area contributed by atoms with Crippen LogP contribution in [0.1, 0.15) is 16.7 Å². The van der Waals surface area contributed by atoms with E-state index >= 15 is 0 Å². The molecule has 4 aromatic rings. The third-order valence-electron chi connectivity index (χ3n) is 4.35. The van der Waals surface area contributed by atoms with Gasteiger partial charge in [-0.25, -0.2) is 15.0 Å². The van der Waals surface area contributed by atoms with Gasteiger partial charge in [0, 0.05) is 17.4 Å². The molecule has 0 radical (unpaired) electrons. The zero-order valence-corrected chi connectivity index (χ0v) is 15.6. The van der Waals surface area contributed by atoms with Gasteiger partial charge < -0.3 is 10.3 Å². The Kier molecular flexibility index (Phi) is 4.42. The third kappa shape index (κ3) is 3.72. The molecule has 0 aliphatic carbocycles. The van der Waals surface area contributed by atoms with Crippen LogP contribution in [0.4, 0.5) is 11.6 Å². The fourth-order valence-corrected chi connectivity index (χ4v) is 3.15. The maximum absolute atomic E-state index is 4.68. The van der Waals surface area contributed by atoms with Crippen molar-refractivity contribution in [3.8, 4) is 22.6 Å². The van der Waals surface area contributed by atoms with Crippen LogP contribution < -0.4 is 5.32 Å². The summed E-state index contributed by atoms with van der Waals surface area (Å²) in [5.41, 5.74) is 8.21. The van der Waals surface area contributed by atoms with Gasteiger partial charge in [0.25, 0.3) is 0 Å². The van der Waals surface area contributed by atoms with E-state index in [1.165, 1.54) is 16.7 Å². The Morgan fingerprint density at radius 3 is 2.30 bits per heavy atom. The Balaban J connectivity index is 1.67. The van der Waals surface area contributed by atoms with Crippen LogP contribution in [0, 0.1) is 20.8 Å². The topological polar surface area (TPSA) is 66.5 Å². The summed E-state index contributed by atoms with van der Waals surface area (Å²) in [4.78, 5) is 16.7. The fraction of sp³-hybridized carbons (Fsp3) is 0.136. The predicted molar refractivity (Wildman–Crippen MR) is 109 cm³/mol. The second-order valence-corrected chi connectivity index (χ2v) is 6.76. The molecule has 0 spiro atoms. The first kappa shape index (κ1) is 17.0. The number of anilines is 2. The molecule has 0 saturated carbocycles. The van der Waals surface area contributed by atoms with Crippen LogP contribution in [0.15, 0.2) is 61.1 Å². The van der Waals surface area contributed by atoms with Crippen LogP contribution in [0.2, 0.25) is 0 Å². The van der Waals surface area contributed by atoms with Gasteiger partial charge in [0.2, 0.25) is 5.95 Å². The lowest BCUT2D eigenvalue weighted by Crippen LogP contribution is -1.99. The highest BCUT2D eigenvalue weighted by atomic mass is 15.1. The van der Waals surface area contributed by atoms with Gasteiger partial charge in [-0.3, -0.25) is 0 Å². The molecule has 5 heteroatoms. The van der Waals surface area contributed by atoms with E-state index in [-0.39, 0.29) is 0 Å². The van der Waals surface area contributed by atoms with Crippen molar-refractivity contribution >= 4 is 11.6 Å². The van der Waals surface area contributed by atoms with Crippen molar-refractivity contribution in [2.75, 3.05) is 5.32 Å². The van der Waals surface area contributed by atoms with Gasteiger partial charge >= 0.3 is 0 Å². The number of benzene rings is 2. The van der Waals surface area contributed by atoms with E-state index in [0.29, 0.717) is 5.95 Å². The molecule has 2 heterocycles. The highest BCUT2D eigenvalue weighted by Gasteiger charge is 2.12. The van der Waals surface area contributed by atoms with Crippen molar-refractivity contribution < 1.29 is 0 Å². The number of rotatable bonds is 4. The molecule has 4 rings (SSSR count). The van der Waals surface area contributed by atoms with Crippen molar-refractivity contribution in [1.82, 2.24) is 19.9 Å². The fourth-order valence-electron chi connectivity index (χ4n) is 3.15. The lowest BCUT2D eigenvalue weighted by atomic mass is 10.1. The number of imidazole rings is 1. The summed E-state index contributed by atoms with van der Waals surface area (Å²) in [7, 11) is 0.